The van der Waals surface area contributed by atoms with Crippen LogP contribution in [-0.2, 0) is 0 Å². The third-order valence-corrected chi connectivity index (χ3v) is 14.7. The van der Waals surface area contributed by atoms with Crippen molar-refractivity contribution in [2.75, 3.05) is 0 Å². The molecule has 0 saturated heterocycles. The maximum atomic E-state index is 6.85. The SMILES string of the molecule is c1ccc(-c2ccc(-c3nc(-c4ccccc4)nc(-c4cccc5oc6c(-c7cccc(-c8ccc9oc%10cc(-n%11c%12ccccc%12c%12cc(-c%13ccccc%13)ccc%12%11)ccc%10c9c8)c7)cccc6c45)n3)cc2)cc1. The molecule has 0 radical (unpaired) electrons. The van der Waals surface area contributed by atoms with Gasteiger partial charge in [0.25, 0.3) is 0 Å². The zero-order valence-corrected chi connectivity index (χ0v) is 40.4. The van der Waals surface area contributed by atoms with E-state index in [2.05, 4.69) is 211 Å². The molecule has 0 amide bonds. The van der Waals surface area contributed by atoms with Crippen LogP contribution in [0.2, 0.25) is 0 Å². The van der Waals surface area contributed by atoms with Crippen LogP contribution in [0.15, 0.2) is 264 Å². The molecule has 0 spiro atoms. The van der Waals surface area contributed by atoms with Crippen molar-refractivity contribution in [3.8, 4) is 84.4 Å². The van der Waals surface area contributed by atoms with Gasteiger partial charge in [0.15, 0.2) is 17.5 Å². The highest BCUT2D eigenvalue weighted by atomic mass is 16.3. The van der Waals surface area contributed by atoms with Crippen LogP contribution in [0.25, 0.3) is 150 Å². The molecule has 15 aromatic rings. The number of hydrogen-bond donors (Lipinski definition) is 0. The zero-order valence-electron chi connectivity index (χ0n) is 40.4. The number of aromatic nitrogens is 4. The fourth-order valence-corrected chi connectivity index (χ4v) is 11.1. The minimum absolute atomic E-state index is 0.578. The van der Waals surface area contributed by atoms with Crippen LogP contribution in [-0.4, -0.2) is 19.5 Å². The van der Waals surface area contributed by atoms with E-state index < -0.39 is 0 Å². The molecule has 350 valence electrons. The van der Waals surface area contributed by atoms with Gasteiger partial charge in [0, 0.05) is 66.3 Å². The number of nitrogens with zero attached hydrogens (tertiary/aromatic N) is 4. The summed E-state index contributed by atoms with van der Waals surface area (Å²) in [4.78, 5) is 15.4. The van der Waals surface area contributed by atoms with E-state index in [1.54, 1.807) is 0 Å². The van der Waals surface area contributed by atoms with E-state index in [9.17, 15) is 0 Å². The Morgan fingerprint density at radius 2 is 0.800 bits per heavy atom. The molecule has 0 fully saturated rings. The second kappa shape index (κ2) is 17.3. The molecule has 0 N–H and O–H groups in total. The lowest BCUT2D eigenvalue weighted by Gasteiger charge is -2.10. The molecule has 6 nitrogen and oxygen atoms in total. The topological polar surface area (TPSA) is 69.9 Å². The van der Waals surface area contributed by atoms with Crippen molar-refractivity contribution in [2.24, 2.45) is 0 Å². The fourth-order valence-electron chi connectivity index (χ4n) is 11.1. The first-order chi connectivity index (χ1) is 37.1. The van der Waals surface area contributed by atoms with E-state index in [4.69, 9.17) is 23.8 Å². The number of furan rings is 2. The van der Waals surface area contributed by atoms with Gasteiger partial charge in [-0.3, -0.25) is 0 Å². The highest BCUT2D eigenvalue weighted by molar-refractivity contribution is 6.15. The molecule has 0 atom stereocenters. The molecule has 4 aromatic heterocycles. The molecular weight excluding hydrogens is 917 g/mol. The molecule has 0 unspecified atom stereocenters. The van der Waals surface area contributed by atoms with Gasteiger partial charge < -0.3 is 13.4 Å². The smallest absolute Gasteiger partial charge is 0.164 e. The van der Waals surface area contributed by atoms with Gasteiger partial charge in [0.05, 0.1) is 11.0 Å². The predicted molar refractivity (Wildman–Crippen MR) is 307 cm³/mol. The van der Waals surface area contributed by atoms with E-state index in [0.29, 0.717) is 17.5 Å². The number of rotatable bonds is 8. The molecule has 0 bridgehead atoms. The van der Waals surface area contributed by atoms with Crippen molar-refractivity contribution in [3.05, 3.63) is 255 Å². The van der Waals surface area contributed by atoms with Gasteiger partial charge >= 0.3 is 0 Å². The molecule has 15 rings (SSSR count). The molecule has 4 heterocycles. The summed E-state index contributed by atoms with van der Waals surface area (Å²) in [6.45, 7) is 0. The first kappa shape index (κ1) is 42.5. The Morgan fingerprint density at radius 1 is 0.267 bits per heavy atom. The number of benzene rings is 11. The summed E-state index contributed by atoms with van der Waals surface area (Å²) in [5.74, 6) is 1.78. The second-order valence-electron chi connectivity index (χ2n) is 19.1. The largest absolute Gasteiger partial charge is 0.456 e. The van der Waals surface area contributed by atoms with Crippen LogP contribution in [0, 0.1) is 0 Å². The normalized spacial score (nSPS) is 11.7. The van der Waals surface area contributed by atoms with Crippen molar-refractivity contribution in [1.29, 1.82) is 0 Å². The van der Waals surface area contributed by atoms with E-state index >= 15 is 0 Å². The average molecular weight is 959 g/mol. The lowest BCUT2D eigenvalue weighted by Crippen LogP contribution is -2.00. The Bertz CT molecular complexity index is 4690. The summed E-state index contributed by atoms with van der Waals surface area (Å²) in [5.41, 5.74) is 18.3. The highest BCUT2D eigenvalue weighted by Gasteiger charge is 2.21. The quantitative estimate of drug-likeness (QED) is 0.152. The van der Waals surface area contributed by atoms with E-state index in [-0.39, 0.29) is 0 Å². The number of para-hydroxylation sites is 2. The summed E-state index contributed by atoms with van der Waals surface area (Å²) in [6.07, 6.45) is 0. The Hall–Kier alpha value is -10.2. The number of fused-ring (bicyclic) bond motifs is 9. The average Bonchev–Trinajstić information content (AvgIpc) is 4.20. The van der Waals surface area contributed by atoms with Crippen LogP contribution in [0.5, 0.6) is 0 Å². The van der Waals surface area contributed by atoms with Crippen LogP contribution < -0.4 is 0 Å². The molecule has 0 aliphatic rings. The molecule has 6 heteroatoms. The van der Waals surface area contributed by atoms with Gasteiger partial charge in [-0.05, 0) is 93.5 Å². The van der Waals surface area contributed by atoms with E-state index in [1.165, 1.54) is 21.9 Å². The van der Waals surface area contributed by atoms with Crippen LogP contribution in [0.1, 0.15) is 0 Å². The summed E-state index contributed by atoms with van der Waals surface area (Å²) < 4.78 is 15.8. The Kier molecular flexibility index (Phi) is 9.78. The van der Waals surface area contributed by atoms with Crippen molar-refractivity contribution >= 4 is 65.7 Å². The van der Waals surface area contributed by atoms with Gasteiger partial charge in [-0.1, -0.05) is 194 Å². The van der Waals surface area contributed by atoms with Gasteiger partial charge in [-0.25, -0.2) is 15.0 Å². The molecule has 0 saturated carbocycles. The fraction of sp³-hybridized carbons (Fsp3) is 0. The predicted octanol–water partition coefficient (Wildman–Crippen LogP) is 18.4. The Labute approximate surface area is 431 Å². The van der Waals surface area contributed by atoms with Gasteiger partial charge in [-0.15, -0.1) is 0 Å². The standard InChI is InChI=1S/C69H42N4O2/c1-4-15-43(16-5-1)45-29-31-47(32-30-45)68-70-67(46-19-8-3-9-20-46)71-69(72-68)57-26-14-28-63-65(57)56-25-13-24-53(66(56)75-63)51-22-12-21-48(39-51)50-34-38-62-59(41-50)55-36-35-52(42-64(55)74-62)73-60-27-11-10-23-54(60)58-40-49(33-37-61(58)73)44-17-6-2-7-18-44/h1-42H. The lowest BCUT2D eigenvalue weighted by molar-refractivity contribution is 0.668. The maximum Gasteiger partial charge on any atom is 0.164 e. The number of hydrogen-bond acceptors (Lipinski definition) is 5. The molecule has 75 heavy (non-hydrogen) atoms. The van der Waals surface area contributed by atoms with Gasteiger partial charge in [-0.2, -0.15) is 0 Å². The lowest BCUT2D eigenvalue weighted by atomic mass is 9.96. The third-order valence-electron chi connectivity index (χ3n) is 14.7. The van der Waals surface area contributed by atoms with Crippen molar-refractivity contribution in [1.82, 2.24) is 19.5 Å². The molecule has 11 aromatic carbocycles. The summed E-state index contributed by atoms with van der Waals surface area (Å²) >= 11 is 0. The Balaban J connectivity index is 0.792. The van der Waals surface area contributed by atoms with Crippen molar-refractivity contribution in [2.45, 2.75) is 0 Å². The minimum atomic E-state index is 0.578. The summed E-state index contributed by atoms with van der Waals surface area (Å²) in [7, 11) is 0. The van der Waals surface area contributed by atoms with E-state index in [1.807, 2.05) is 48.5 Å². The van der Waals surface area contributed by atoms with Gasteiger partial charge in [0.1, 0.15) is 22.3 Å². The van der Waals surface area contributed by atoms with Gasteiger partial charge in [0.2, 0.25) is 0 Å². The van der Waals surface area contributed by atoms with Crippen LogP contribution >= 0.6 is 0 Å². The minimum Gasteiger partial charge on any atom is -0.456 e. The molecule has 0 aliphatic heterocycles. The first-order valence-electron chi connectivity index (χ1n) is 25.2. The van der Waals surface area contributed by atoms with Crippen molar-refractivity contribution < 1.29 is 8.83 Å². The summed E-state index contributed by atoms with van der Waals surface area (Å²) in [6, 6.07) is 89.2. The Morgan fingerprint density at radius 3 is 1.60 bits per heavy atom. The molecular formula is C69H42N4O2. The van der Waals surface area contributed by atoms with Crippen LogP contribution in [0.3, 0.4) is 0 Å². The second-order valence-corrected chi connectivity index (χ2v) is 19.1. The van der Waals surface area contributed by atoms with Crippen molar-refractivity contribution in [3.63, 3.8) is 0 Å². The monoisotopic (exact) mass is 958 g/mol. The third kappa shape index (κ3) is 7.22. The molecule has 0 aliphatic carbocycles. The van der Waals surface area contributed by atoms with Crippen LogP contribution in [0.4, 0.5) is 0 Å². The highest BCUT2D eigenvalue weighted by Crippen LogP contribution is 2.43. The maximum absolute atomic E-state index is 6.85. The summed E-state index contributed by atoms with van der Waals surface area (Å²) in [5, 5.41) is 6.53. The van der Waals surface area contributed by atoms with E-state index in [0.717, 1.165) is 111 Å². The zero-order chi connectivity index (χ0) is 49.4. The first-order valence-corrected chi connectivity index (χ1v) is 25.2.